The quantitative estimate of drug-likeness (QED) is 0.627. The van der Waals surface area contributed by atoms with E-state index in [0.717, 1.165) is 5.56 Å². The van der Waals surface area contributed by atoms with Crippen LogP contribution in [0.2, 0.25) is 5.02 Å². The van der Waals surface area contributed by atoms with Crippen LogP contribution in [0.3, 0.4) is 0 Å². The standard InChI is InChI=1S/C22H22ClFN2O3/c1-14(2)19-18(11-15-7-4-3-5-8-15)26(22(28)25-21(19)27)13-29-12-16-9-6-10-17(23)20(16)24/h3-10,14H,11-13H2,1-2H3,(H,25,27,28). The number of ether oxygens (including phenoxy) is 1. The Bertz CT molecular complexity index is 1110. The lowest BCUT2D eigenvalue weighted by atomic mass is 9.98. The number of nitrogens with one attached hydrogen (secondary N) is 1. The lowest BCUT2D eigenvalue weighted by Gasteiger charge is -2.18. The summed E-state index contributed by atoms with van der Waals surface area (Å²) in [6.45, 7) is 3.62. The molecular weight excluding hydrogens is 395 g/mol. The largest absolute Gasteiger partial charge is 0.356 e. The molecule has 0 aliphatic rings. The first kappa shape index (κ1) is 21.0. The van der Waals surface area contributed by atoms with Crippen LogP contribution in [0.25, 0.3) is 0 Å². The zero-order valence-corrected chi connectivity index (χ0v) is 17.0. The number of H-pyrrole nitrogens is 1. The van der Waals surface area contributed by atoms with E-state index in [0.29, 0.717) is 23.2 Å². The molecule has 0 radical (unpaired) electrons. The van der Waals surface area contributed by atoms with Gasteiger partial charge in [-0.05, 0) is 17.5 Å². The number of hydrogen-bond acceptors (Lipinski definition) is 3. The number of aromatic amines is 1. The predicted molar refractivity (Wildman–Crippen MR) is 111 cm³/mol. The minimum Gasteiger partial charge on any atom is -0.356 e. The van der Waals surface area contributed by atoms with Crippen LogP contribution in [0.4, 0.5) is 4.39 Å². The van der Waals surface area contributed by atoms with Crippen LogP contribution in [0.5, 0.6) is 0 Å². The maximum Gasteiger partial charge on any atom is 0.330 e. The minimum atomic E-state index is -0.558. The summed E-state index contributed by atoms with van der Waals surface area (Å²) in [7, 11) is 0. The summed E-state index contributed by atoms with van der Waals surface area (Å²) in [6, 6.07) is 14.2. The Morgan fingerprint density at radius 1 is 1.10 bits per heavy atom. The molecule has 0 unspecified atom stereocenters. The van der Waals surface area contributed by atoms with Gasteiger partial charge in [-0.3, -0.25) is 14.3 Å². The Balaban J connectivity index is 1.94. The van der Waals surface area contributed by atoms with Crippen molar-refractivity contribution in [3.05, 3.63) is 103 Å². The topological polar surface area (TPSA) is 64.1 Å². The van der Waals surface area contributed by atoms with E-state index in [-0.39, 0.29) is 24.3 Å². The minimum absolute atomic E-state index is 0.0131. The maximum atomic E-state index is 14.1. The maximum absolute atomic E-state index is 14.1. The fourth-order valence-corrected chi connectivity index (χ4v) is 3.44. The summed E-state index contributed by atoms with van der Waals surface area (Å²) in [4.78, 5) is 27.3. The first-order valence-corrected chi connectivity index (χ1v) is 9.66. The van der Waals surface area contributed by atoms with Crippen molar-refractivity contribution in [2.24, 2.45) is 0 Å². The number of halogens is 2. The molecule has 0 bridgehead atoms. The van der Waals surface area contributed by atoms with Crippen molar-refractivity contribution in [1.82, 2.24) is 9.55 Å². The van der Waals surface area contributed by atoms with Crippen LogP contribution < -0.4 is 11.2 Å². The normalized spacial score (nSPS) is 11.2. The Kier molecular flexibility index (Phi) is 6.67. The van der Waals surface area contributed by atoms with E-state index >= 15 is 0 Å². The third-order valence-electron chi connectivity index (χ3n) is 4.65. The summed E-state index contributed by atoms with van der Waals surface area (Å²) in [5.41, 5.74) is 1.43. The van der Waals surface area contributed by atoms with Gasteiger partial charge in [-0.2, -0.15) is 0 Å². The fraction of sp³-hybridized carbons (Fsp3) is 0.273. The van der Waals surface area contributed by atoms with E-state index in [1.54, 1.807) is 12.1 Å². The number of hydrogen-bond donors (Lipinski definition) is 1. The molecule has 0 saturated carbocycles. The van der Waals surface area contributed by atoms with Gasteiger partial charge in [0.05, 0.1) is 11.6 Å². The number of nitrogens with zero attached hydrogens (tertiary/aromatic N) is 1. The first-order valence-electron chi connectivity index (χ1n) is 9.29. The number of benzene rings is 2. The van der Waals surface area contributed by atoms with E-state index in [2.05, 4.69) is 4.98 Å². The average Bonchev–Trinajstić information content (AvgIpc) is 2.67. The van der Waals surface area contributed by atoms with Crippen molar-refractivity contribution < 1.29 is 9.13 Å². The molecule has 2 aromatic carbocycles. The highest BCUT2D eigenvalue weighted by Crippen LogP contribution is 2.20. The lowest BCUT2D eigenvalue weighted by molar-refractivity contribution is 0.0572. The first-order chi connectivity index (χ1) is 13.9. The molecule has 7 heteroatoms. The van der Waals surface area contributed by atoms with Crippen molar-refractivity contribution in [1.29, 1.82) is 0 Å². The number of rotatable bonds is 7. The third kappa shape index (κ3) is 4.83. The van der Waals surface area contributed by atoms with E-state index < -0.39 is 17.1 Å². The summed E-state index contributed by atoms with van der Waals surface area (Å²) >= 11 is 5.80. The molecule has 0 spiro atoms. The summed E-state index contributed by atoms with van der Waals surface area (Å²) in [5.74, 6) is -0.634. The van der Waals surface area contributed by atoms with Crippen molar-refractivity contribution in [3.63, 3.8) is 0 Å². The summed E-state index contributed by atoms with van der Waals surface area (Å²) in [6.07, 6.45) is 0.405. The molecule has 152 valence electrons. The Hall–Kier alpha value is -2.70. The van der Waals surface area contributed by atoms with Crippen LogP contribution in [0.1, 0.15) is 42.1 Å². The second-order valence-corrected chi connectivity index (χ2v) is 7.46. The zero-order chi connectivity index (χ0) is 21.0. The van der Waals surface area contributed by atoms with Gasteiger partial charge in [-0.15, -0.1) is 0 Å². The van der Waals surface area contributed by atoms with Gasteiger partial charge in [0, 0.05) is 23.2 Å². The van der Waals surface area contributed by atoms with Gasteiger partial charge in [0.2, 0.25) is 0 Å². The molecule has 0 atom stereocenters. The highest BCUT2D eigenvalue weighted by molar-refractivity contribution is 6.30. The highest BCUT2D eigenvalue weighted by Gasteiger charge is 2.18. The summed E-state index contributed by atoms with van der Waals surface area (Å²) in [5, 5.41) is 0.0131. The molecule has 3 aromatic rings. The van der Waals surface area contributed by atoms with Gasteiger partial charge in [-0.1, -0.05) is 67.9 Å². The van der Waals surface area contributed by atoms with Crippen molar-refractivity contribution >= 4 is 11.6 Å². The SMILES string of the molecule is CC(C)c1c(Cc2ccccc2)n(COCc2cccc(Cl)c2F)c(=O)[nH]c1=O. The highest BCUT2D eigenvalue weighted by atomic mass is 35.5. The fourth-order valence-electron chi connectivity index (χ4n) is 3.25. The van der Waals surface area contributed by atoms with Crippen LogP contribution in [-0.2, 0) is 24.5 Å². The third-order valence-corrected chi connectivity index (χ3v) is 4.94. The molecule has 3 rings (SSSR count). The molecule has 1 aromatic heterocycles. The van der Waals surface area contributed by atoms with Gasteiger partial charge in [-0.25, -0.2) is 9.18 Å². The van der Waals surface area contributed by atoms with Crippen LogP contribution >= 0.6 is 11.6 Å². The smallest absolute Gasteiger partial charge is 0.330 e. The molecule has 0 aliphatic heterocycles. The van der Waals surface area contributed by atoms with Crippen molar-refractivity contribution in [2.45, 2.75) is 39.5 Å². The molecular formula is C22H22ClFN2O3. The van der Waals surface area contributed by atoms with Gasteiger partial charge < -0.3 is 4.74 Å². The Labute approximate surface area is 172 Å². The number of aromatic nitrogens is 2. The van der Waals surface area contributed by atoms with E-state index in [4.69, 9.17) is 16.3 Å². The van der Waals surface area contributed by atoms with Crippen molar-refractivity contribution in [3.8, 4) is 0 Å². The second-order valence-electron chi connectivity index (χ2n) is 7.06. The zero-order valence-electron chi connectivity index (χ0n) is 16.2. The molecule has 1 heterocycles. The molecule has 29 heavy (non-hydrogen) atoms. The molecule has 5 nitrogen and oxygen atoms in total. The molecule has 1 N–H and O–H groups in total. The van der Waals surface area contributed by atoms with Gasteiger partial charge in [0.25, 0.3) is 5.56 Å². The van der Waals surface area contributed by atoms with Gasteiger partial charge in [0.1, 0.15) is 12.5 Å². The van der Waals surface area contributed by atoms with Crippen molar-refractivity contribution in [2.75, 3.05) is 0 Å². The Morgan fingerprint density at radius 2 is 1.83 bits per heavy atom. The van der Waals surface area contributed by atoms with Crippen LogP contribution in [-0.4, -0.2) is 9.55 Å². The second kappa shape index (κ2) is 9.20. The molecule has 0 aliphatic carbocycles. The van der Waals surface area contributed by atoms with Gasteiger partial charge in [0.15, 0.2) is 0 Å². The monoisotopic (exact) mass is 416 g/mol. The lowest BCUT2D eigenvalue weighted by Crippen LogP contribution is -2.36. The average molecular weight is 417 g/mol. The summed E-state index contributed by atoms with van der Waals surface area (Å²) < 4.78 is 21.1. The molecule has 0 amide bonds. The molecule has 0 fully saturated rings. The van der Waals surface area contributed by atoms with Crippen LogP contribution in [0.15, 0.2) is 58.1 Å². The van der Waals surface area contributed by atoms with E-state index in [1.165, 1.54) is 10.6 Å². The predicted octanol–water partition coefficient (Wildman–Crippen LogP) is 4.22. The van der Waals surface area contributed by atoms with Crippen LogP contribution in [0, 0.1) is 5.82 Å². The Morgan fingerprint density at radius 3 is 2.52 bits per heavy atom. The molecule has 0 saturated heterocycles. The van der Waals surface area contributed by atoms with E-state index in [1.807, 2.05) is 44.2 Å². The van der Waals surface area contributed by atoms with Gasteiger partial charge >= 0.3 is 5.69 Å². The van der Waals surface area contributed by atoms with E-state index in [9.17, 15) is 14.0 Å².